The molecule has 0 spiro atoms. The van der Waals surface area contributed by atoms with E-state index in [4.69, 9.17) is 0 Å². The first-order chi connectivity index (χ1) is 12.4. The van der Waals surface area contributed by atoms with Gasteiger partial charge in [-0.15, -0.1) is 0 Å². The van der Waals surface area contributed by atoms with E-state index < -0.39 is 23.5 Å². The average molecular weight is 352 g/mol. The van der Waals surface area contributed by atoms with Crippen LogP contribution in [0.2, 0.25) is 0 Å². The van der Waals surface area contributed by atoms with E-state index in [0.29, 0.717) is 11.4 Å². The van der Waals surface area contributed by atoms with Gasteiger partial charge in [0.05, 0.1) is 11.9 Å². The lowest BCUT2D eigenvalue weighted by atomic mass is 10.1. The summed E-state index contributed by atoms with van der Waals surface area (Å²) in [7, 11) is 0. The molecule has 0 aliphatic rings. The number of halogens is 1. The molecule has 3 aromatic rings. The Morgan fingerprint density at radius 3 is 2.38 bits per heavy atom. The summed E-state index contributed by atoms with van der Waals surface area (Å²) in [4.78, 5) is 28.6. The summed E-state index contributed by atoms with van der Waals surface area (Å²) in [5.74, 6) is -0.846. The molecule has 0 bridgehead atoms. The van der Waals surface area contributed by atoms with Gasteiger partial charge < -0.3 is 5.32 Å². The van der Waals surface area contributed by atoms with Gasteiger partial charge in [0, 0.05) is 11.3 Å². The number of carbonyl (C=O) groups is 1. The Morgan fingerprint density at radius 2 is 1.77 bits per heavy atom. The molecule has 0 unspecified atom stereocenters. The highest BCUT2D eigenvalue weighted by Gasteiger charge is 2.18. The molecule has 0 radical (unpaired) electrons. The number of nitrogens with one attached hydrogen (secondary N) is 1. The van der Waals surface area contributed by atoms with Crippen molar-refractivity contribution >= 4 is 11.6 Å². The van der Waals surface area contributed by atoms with Crippen LogP contribution in [0.5, 0.6) is 0 Å². The van der Waals surface area contributed by atoms with Crippen LogP contribution in [0.3, 0.4) is 0 Å². The number of anilines is 1. The second kappa shape index (κ2) is 7.26. The summed E-state index contributed by atoms with van der Waals surface area (Å²) in [5, 5.41) is 6.69. The molecule has 132 valence electrons. The van der Waals surface area contributed by atoms with Gasteiger partial charge in [-0.1, -0.05) is 29.8 Å². The van der Waals surface area contributed by atoms with E-state index in [9.17, 15) is 14.0 Å². The Labute approximate surface area is 149 Å². The predicted molar refractivity (Wildman–Crippen MR) is 96.2 cm³/mol. The summed E-state index contributed by atoms with van der Waals surface area (Å²) in [6.07, 6.45) is 1.45. The molecule has 2 aromatic carbocycles. The highest BCUT2D eigenvalue weighted by atomic mass is 19.1. The summed E-state index contributed by atoms with van der Waals surface area (Å²) < 4.78 is 13.9. The molecule has 0 saturated heterocycles. The maximum Gasteiger partial charge on any atom is 0.365 e. The smallest absolute Gasteiger partial charge is 0.324 e. The number of carbonyl (C=O) groups excluding carboxylic acids is 1. The molecule has 0 saturated carbocycles. The van der Waals surface area contributed by atoms with Crippen LogP contribution in [-0.2, 0) is 4.79 Å². The third kappa shape index (κ3) is 3.83. The Morgan fingerprint density at radius 1 is 1.12 bits per heavy atom. The topological polar surface area (TPSA) is 76.9 Å². The molecule has 6 nitrogen and oxygen atoms in total. The second-order valence-electron chi connectivity index (χ2n) is 5.91. The number of rotatable bonds is 4. The minimum absolute atomic E-state index is 0.398. The monoisotopic (exact) mass is 352 g/mol. The second-order valence-corrected chi connectivity index (χ2v) is 5.91. The number of benzene rings is 2. The van der Waals surface area contributed by atoms with Crippen LogP contribution in [0, 0.1) is 12.7 Å². The Kier molecular flexibility index (Phi) is 4.88. The predicted octanol–water partition coefficient (Wildman–Crippen LogP) is 2.95. The van der Waals surface area contributed by atoms with Gasteiger partial charge >= 0.3 is 5.69 Å². The van der Waals surface area contributed by atoms with Crippen molar-refractivity contribution < 1.29 is 9.18 Å². The van der Waals surface area contributed by atoms with E-state index in [1.54, 1.807) is 6.92 Å². The molecular weight excluding hydrogens is 335 g/mol. The van der Waals surface area contributed by atoms with Gasteiger partial charge in [0.2, 0.25) is 5.91 Å². The highest BCUT2D eigenvalue weighted by Crippen LogP contribution is 2.16. The third-order valence-electron chi connectivity index (χ3n) is 3.92. The van der Waals surface area contributed by atoms with Crippen LogP contribution in [0.25, 0.3) is 11.3 Å². The fourth-order valence-corrected chi connectivity index (χ4v) is 2.37. The van der Waals surface area contributed by atoms with Crippen molar-refractivity contribution in [3.8, 4) is 11.3 Å². The zero-order chi connectivity index (χ0) is 18.7. The van der Waals surface area contributed by atoms with E-state index in [-0.39, 0.29) is 0 Å². The van der Waals surface area contributed by atoms with Gasteiger partial charge in [-0.25, -0.2) is 13.9 Å². The SMILES string of the molecule is Cc1ccc(-c2cnn([C@@H](C)C(=O)Nc3ccc(F)cc3)c(=O)n2)cc1. The minimum Gasteiger partial charge on any atom is -0.324 e. The number of hydrogen-bond acceptors (Lipinski definition) is 4. The standard InChI is InChI=1S/C19H17FN4O2/c1-12-3-5-14(6-4-12)17-11-21-24(19(26)23-17)13(2)18(25)22-16-9-7-15(20)8-10-16/h3-11,13H,1-2H3,(H,22,25)/t13-/m0/s1. The van der Waals surface area contributed by atoms with Crippen molar-refractivity contribution in [3.63, 3.8) is 0 Å². The molecular formula is C19H17FN4O2. The molecule has 1 atom stereocenters. The molecule has 26 heavy (non-hydrogen) atoms. The van der Waals surface area contributed by atoms with Crippen LogP contribution >= 0.6 is 0 Å². The maximum absolute atomic E-state index is 12.9. The lowest BCUT2D eigenvalue weighted by molar-refractivity contribution is -0.119. The van der Waals surface area contributed by atoms with Gasteiger partial charge in [-0.3, -0.25) is 4.79 Å². The summed E-state index contributed by atoms with van der Waals surface area (Å²) >= 11 is 0. The van der Waals surface area contributed by atoms with E-state index in [2.05, 4.69) is 15.4 Å². The Hall–Kier alpha value is -3.35. The number of aryl methyl sites for hydroxylation is 1. The average Bonchev–Trinajstić information content (AvgIpc) is 2.63. The summed E-state index contributed by atoms with van der Waals surface area (Å²) in [5.41, 5.74) is 2.12. The first-order valence-electron chi connectivity index (χ1n) is 8.03. The van der Waals surface area contributed by atoms with Gasteiger partial charge in [-0.05, 0) is 38.1 Å². The number of aromatic nitrogens is 3. The van der Waals surface area contributed by atoms with Crippen LogP contribution in [0.15, 0.2) is 59.5 Å². The molecule has 3 rings (SSSR count). The van der Waals surface area contributed by atoms with Crippen LogP contribution in [0.1, 0.15) is 18.5 Å². The minimum atomic E-state index is -0.868. The fraction of sp³-hybridized carbons (Fsp3) is 0.158. The molecule has 1 amide bonds. The molecule has 0 fully saturated rings. The third-order valence-corrected chi connectivity index (χ3v) is 3.92. The zero-order valence-corrected chi connectivity index (χ0v) is 14.3. The van der Waals surface area contributed by atoms with Crippen molar-refractivity contribution in [2.75, 3.05) is 5.32 Å². The maximum atomic E-state index is 12.9. The Balaban J connectivity index is 1.79. The fourth-order valence-electron chi connectivity index (χ4n) is 2.37. The summed E-state index contributed by atoms with van der Waals surface area (Å²) in [6, 6.07) is 12.0. The molecule has 0 aliphatic carbocycles. The lowest BCUT2D eigenvalue weighted by Crippen LogP contribution is -2.34. The number of hydrogen-bond donors (Lipinski definition) is 1. The van der Waals surface area contributed by atoms with Crippen LogP contribution in [0.4, 0.5) is 10.1 Å². The van der Waals surface area contributed by atoms with Crippen molar-refractivity contribution in [1.82, 2.24) is 14.8 Å². The largest absolute Gasteiger partial charge is 0.365 e. The first-order valence-corrected chi connectivity index (χ1v) is 8.03. The van der Waals surface area contributed by atoms with Crippen molar-refractivity contribution in [1.29, 1.82) is 0 Å². The van der Waals surface area contributed by atoms with Gasteiger partial charge in [-0.2, -0.15) is 10.1 Å². The molecule has 1 N–H and O–H groups in total. The van der Waals surface area contributed by atoms with Crippen molar-refractivity contribution in [2.24, 2.45) is 0 Å². The van der Waals surface area contributed by atoms with Crippen molar-refractivity contribution in [2.45, 2.75) is 19.9 Å². The molecule has 1 heterocycles. The quantitative estimate of drug-likeness (QED) is 0.783. The Bertz CT molecular complexity index is 982. The van der Waals surface area contributed by atoms with Crippen LogP contribution < -0.4 is 11.0 Å². The van der Waals surface area contributed by atoms with Crippen molar-refractivity contribution in [3.05, 3.63) is 76.6 Å². The van der Waals surface area contributed by atoms with E-state index in [0.717, 1.165) is 15.8 Å². The van der Waals surface area contributed by atoms with Crippen LogP contribution in [-0.4, -0.2) is 20.7 Å². The molecule has 0 aliphatic heterocycles. The highest BCUT2D eigenvalue weighted by molar-refractivity contribution is 5.93. The number of nitrogens with zero attached hydrogens (tertiary/aromatic N) is 3. The molecule has 1 aromatic heterocycles. The lowest BCUT2D eigenvalue weighted by Gasteiger charge is -2.13. The van der Waals surface area contributed by atoms with Gasteiger partial charge in [0.15, 0.2) is 0 Å². The summed E-state index contributed by atoms with van der Waals surface area (Å²) in [6.45, 7) is 3.51. The van der Waals surface area contributed by atoms with Gasteiger partial charge in [0.1, 0.15) is 11.9 Å². The van der Waals surface area contributed by atoms with Gasteiger partial charge in [0.25, 0.3) is 0 Å². The van der Waals surface area contributed by atoms with E-state index in [1.807, 2.05) is 31.2 Å². The number of amides is 1. The zero-order valence-electron chi connectivity index (χ0n) is 14.3. The van der Waals surface area contributed by atoms with E-state index >= 15 is 0 Å². The first kappa shape index (κ1) is 17.5. The normalized spacial score (nSPS) is 11.8. The molecule has 7 heteroatoms. The van der Waals surface area contributed by atoms with E-state index in [1.165, 1.54) is 30.5 Å².